The molecule has 0 unspecified atom stereocenters. The SMILES string of the molecule is CN(Cc1ccccn1)c1cc(N)cc(F)c1. The van der Waals surface area contributed by atoms with Crippen LogP contribution in [-0.2, 0) is 6.54 Å². The third-order valence-electron chi connectivity index (χ3n) is 2.47. The highest BCUT2D eigenvalue weighted by atomic mass is 19.1. The molecule has 88 valence electrons. The molecule has 0 fully saturated rings. The molecule has 1 aromatic carbocycles. The summed E-state index contributed by atoms with van der Waals surface area (Å²) in [4.78, 5) is 6.13. The number of hydrogen-bond acceptors (Lipinski definition) is 3. The first-order chi connectivity index (χ1) is 8.15. The number of nitrogen functional groups attached to an aromatic ring is 1. The molecular weight excluding hydrogens is 217 g/mol. The van der Waals surface area contributed by atoms with Gasteiger partial charge in [-0.25, -0.2) is 4.39 Å². The van der Waals surface area contributed by atoms with E-state index in [4.69, 9.17) is 5.73 Å². The van der Waals surface area contributed by atoms with Crippen molar-refractivity contribution in [2.24, 2.45) is 0 Å². The molecule has 0 bridgehead atoms. The highest BCUT2D eigenvalue weighted by molar-refractivity contribution is 5.56. The summed E-state index contributed by atoms with van der Waals surface area (Å²) >= 11 is 0. The lowest BCUT2D eigenvalue weighted by molar-refractivity contribution is 0.627. The van der Waals surface area contributed by atoms with Crippen LogP contribution in [0.25, 0.3) is 0 Å². The molecule has 4 heteroatoms. The van der Waals surface area contributed by atoms with Crippen LogP contribution in [0.4, 0.5) is 15.8 Å². The lowest BCUT2D eigenvalue weighted by Gasteiger charge is -2.19. The number of anilines is 2. The van der Waals surface area contributed by atoms with Crippen LogP contribution in [0.15, 0.2) is 42.6 Å². The molecule has 3 nitrogen and oxygen atoms in total. The van der Waals surface area contributed by atoms with E-state index in [1.165, 1.54) is 12.1 Å². The zero-order valence-corrected chi connectivity index (χ0v) is 9.60. The molecule has 17 heavy (non-hydrogen) atoms. The minimum atomic E-state index is -0.326. The maximum Gasteiger partial charge on any atom is 0.127 e. The molecule has 2 N–H and O–H groups in total. The molecule has 2 rings (SSSR count). The van der Waals surface area contributed by atoms with Gasteiger partial charge in [0.1, 0.15) is 5.82 Å². The first-order valence-electron chi connectivity index (χ1n) is 5.32. The summed E-state index contributed by atoms with van der Waals surface area (Å²) in [5.41, 5.74) is 7.70. The number of benzene rings is 1. The molecule has 0 aliphatic rings. The topological polar surface area (TPSA) is 42.2 Å². The zero-order valence-electron chi connectivity index (χ0n) is 9.60. The summed E-state index contributed by atoms with van der Waals surface area (Å²) < 4.78 is 13.2. The molecule has 1 heterocycles. The van der Waals surface area contributed by atoms with E-state index >= 15 is 0 Å². The van der Waals surface area contributed by atoms with E-state index < -0.39 is 0 Å². The molecule has 0 atom stereocenters. The summed E-state index contributed by atoms with van der Waals surface area (Å²) in [6.45, 7) is 0.615. The summed E-state index contributed by atoms with van der Waals surface area (Å²) in [6, 6.07) is 10.2. The van der Waals surface area contributed by atoms with Crippen LogP contribution < -0.4 is 10.6 Å². The van der Waals surface area contributed by atoms with Crippen LogP contribution in [0.2, 0.25) is 0 Å². The fourth-order valence-corrected chi connectivity index (χ4v) is 1.64. The zero-order chi connectivity index (χ0) is 12.3. The van der Waals surface area contributed by atoms with Gasteiger partial charge in [-0.15, -0.1) is 0 Å². The second kappa shape index (κ2) is 4.82. The highest BCUT2D eigenvalue weighted by Crippen LogP contribution is 2.20. The lowest BCUT2D eigenvalue weighted by Crippen LogP contribution is -2.17. The van der Waals surface area contributed by atoms with Crippen molar-refractivity contribution in [2.75, 3.05) is 17.7 Å². The van der Waals surface area contributed by atoms with E-state index in [2.05, 4.69) is 4.98 Å². The predicted octanol–water partition coefficient (Wildman–Crippen LogP) is 2.44. The van der Waals surface area contributed by atoms with Crippen molar-refractivity contribution in [2.45, 2.75) is 6.54 Å². The van der Waals surface area contributed by atoms with Crippen molar-refractivity contribution in [3.05, 3.63) is 54.1 Å². The van der Waals surface area contributed by atoms with E-state index in [1.54, 1.807) is 12.3 Å². The van der Waals surface area contributed by atoms with Gasteiger partial charge in [0, 0.05) is 24.6 Å². The minimum absolute atomic E-state index is 0.326. The summed E-state index contributed by atoms with van der Waals surface area (Å²) in [6.07, 6.45) is 1.74. The quantitative estimate of drug-likeness (QED) is 0.825. The van der Waals surface area contributed by atoms with E-state index in [0.29, 0.717) is 12.2 Å². The number of hydrogen-bond donors (Lipinski definition) is 1. The monoisotopic (exact) mass is 231 g/mol. The number of aromatic nitrogens is 1. The van der Waals surface area contributed by atoms with Crippen molar-refractivity contribution in [1.29, 1.82) is 0 Å². The Balaban J connectivity index is 2.17. The molecular formula is C13H14FN3. The molecule has 0 aliphatic carbocycles. The molecule has 1 aromatic heterocycles. The van der Waals surface area contributed by atoms with Crippen LogP contribution in [0.1, 0.15) is 5.69 Å². The second-order valence-electron chi connectivity index (χ2n) is 3.92. The van der Waals surface area contributed by atoms with Crippen LogP contribution in [0, 0.1) is 5.82 Å². The number of nitrogens with zero attached hydrogens (tertiary/aromatic N) is 2. The summed E-state index contributed by atoms with van der Waals surface area (Å²) in [5.74, 6) is -0.326. The van der Waals surface area contributed by atoms with Crippen LogP contribution >= 0.6 is 0 Å². The Hall–Kier alpha value is -2.10. The van der Waals surface area contributed by atoms with E-state index in [1.807, 2.05) is 30.1 Å². The Labute approximate surface area is 99.7 Å². The smallest absolute Gasteiger partial charge is 0.127 e. The molecule has 0 spiro atoms. The first kappa shape index (κ1) is 11.4. The summed E-state index contributed by atoms with van der Waals surface area (Å²) in [5, 5.41) is 0. The second-order valence-corrected chi connectivity index (χ2v) is 3.92. The van der Waals surface area contributed by atoms with E-state index in [-0.39, 0.29) is 5.82 Å². The molecule has 2 aromatic rings. The Morgan fingerprint density at radius 1 is 1.29 bits per heavy atom. The number of pyridine rings is 1. The Bertz CT molecular complexity index is 479. The van der Waals surface area contributed by atoms with Crippen molar-refractivity contribution in [1.82, 2.24) is 4.98 Å². The van der Waals surface area contributed by atoms with Crippen molar-refractivity contribution in [3.63, 3.8) is 0 Å². The van der Waals surface area contributed by atoms with Gasteiger partial charge in [-0.05, 0) is 30.3 Å². The van der Waals surface area contributed by atoms with Gasteiger partial charge in [0.25, 0.3) is 0 Å². The minimum Gasteiger partial charge on any atom is -0.399 e. The lowest BCUT2D eigenvalue weighted by atomic mass is 10.2. The Morgan fingerprint density at radius 2 is 2.12 bits per heavy atom. The van der Waals surface area contributed by atoms with Gasteiger partial charge in [-0.2, -0.15) is 0 Å². The van der Waals surface area contributed by atoms with Crippen LogP contribution in [0.3, 0.4) is 0 Å². The van der Waals surface area contributed by atoms with Gasteiger partial charge in [0.05, 0.1) is 12.2 Å². The average Bonchev–Trinajstić information content (AvgIpc) is 2.29. The van der Waals surface area contributed by atoms with Crippen molar-refractivity contribution >= 4 is 11.4 Å². The van der Waals surface area contributed by atoms with Gasteiger partial charge in [0.2, 0.25) is 0 Å². The maximum absolute atomic E-state index is 13.2. The van der Waals surface area contributed by atoms with Gasteiger partial charge >= 0.3 is 0 Å². The third kappa shape index (κ3) is 2.93. The Morgan fingerprint density at radius 3 is 2.76 bits per heavy atom. The summed E-state index contributed by atoms with van der Waals surface area (Å²) in [7, 11) is 1.88. The standard InChI is InChI=1S/C13H14FN3/c1-17(9-12-4-2-3-5-16-12)13-7-10(14)6-11(15)8-13/h2-8H,9,15H2,1H3. The fraction of sp³-hybridized carbons (Fsp3) is 0.154. The highest BCUT2D eigenvalue weighted by Gasteiger charge is 2.05. The first-order valence-corrected chi connectivity index (χ1v) is 5.32. The van der Waals surface area contributed by atoms with Gasteiger partial charge < -0.3 is 10.6 Å². The molecule has 0 radical (unpaired) electrons. The van der Waals surface area contributed by atoms with Crippen LogP contribution in [-0.4, -0.2) is 12.0 Å². The Kier molecular flexibility index (Phi) is 3.23. The van der Waals surface area contributed by atoms with Crippen molar-refractivity contribution in [3.8, 4) is 0 Å². The normalized spacial score (nSPS) is 10.2. The van der Waals surface area contributed by atoms with Gasteiger partial charge in [-0.1, -0.05) is 6.07 Å². The maximum atomic E-state index is 13.2. The fourth-order valence-electron chi connectivity index (χ4n) is 1.64. The molecule has 0 saturated heterocycles. The van der Waals surface area contributed by atoms with Gasteiger partial charge in [-0.3, -0.25) is 4.98 Å². The van der Waals surface area contributed by atoms with Gasteiger partial charge in [0.15, 0.2) is 0 Å². The number of halogens is 1. The predicted molar refractivity (Wildman–Crippen MR) is 67.2 cm³/mol. The molecule has 0 saturated carbocycles. The van der Waals surface area contributed by atoms with Crippen LogP contribution in [0.5, 0.6) is 0 Å². The van der Waals surface area contributed by atoms with E-state index in [9.17, 15) is 4.39 Å². The molecule has 0 aliphatic heterocycles. The number of nitrogens with two attached hydrogens (primary N) is 1. The largest absolute Gasteiger partial charge is 0.399 e. The van der Waals surface area contributed by atoms with E-state index in [0.717, 1.165) is 11.4 Å². The third-order valence-corrected chi connectivity index (χ3v) is 2.47. The average molecular weight is 231 g/mol. The molecule has 0 amide bonds. The number of rotatable bonds is 3. The van der Waals surface area contributed by atoms with Crippen molar-refractivity contribution < 1.29 is 4.39 Å².